The number of carbonyl (C=O) groups is 3. The van der Waals surface area contributed by atoms with Gasteiger partial charge in [-0.3, -0.25) is 19.3 Å². The largest absolute Gasteiger partial charge is 0.464 e. The normalized spacial score (nSPS) is 27.7. The molecule has 24 heavy (non-hydrogen) atoms. The highest BCUT2D eigenvalue weighted by atomic mass is 16.5. The van der Waals surface area contributed by atoms with Crippen LogP contribution in [0.1, 0.15) is 52.8 Å². The van der Waals surface area contributed by atoms with Crippen molar-refractivity contribution >= 4 is 17.8 Å². The Kier molecular flexibility index (Phi) is 3.87. The molecule has 5 nitrogen and oxygen atoms in total. The van der Waals surface area contributed by atoms with Gasteiger partial charge in [-0.1, -0.05) is 18.6 Å². The van der Waals surface area contributed by atoms with Crippen molar-refractivity contribution in [2.24, 2.45) is 17.8 Å². The molecule has 1 heterocycles. The number of esters is 1. The highest BCUT2D eigenvalue weighted by Gasteiger charge is 2.40. The Labute approximate surface area is 141 Å². The molecule has 1 aromatic rings. The van der Waals surface area contributed by atoms with E-state index in [9.17, 15) is 14.4 Å². The van der Waals surface area contributed by atoms with Crippen LogP contribution in [0.25, 0.3) is 0 Å². The highest BCUT2D eigenvalue weighted by molar-refractivity contribution is 6.21. The Morgan fingerprint density at radius 3 is 2.38 bits per heavy atom. The van der Waals surface area contributed by atoms with Crippen LogP contribution in [-0.2, 0) is 9.53 Å². The first-order chi connectivity index (χ1) is 11.6. The number of hydrogen-bond donors (Lipinski definition) is 0. The molecule has 0 N–H and O–H groups in total. The van der Waals surface area contributed by atoms with Gasteiger partial charge in [0.25, 0.3) is 11.8 Å². The second-order valence-corrected chi connectivity index (χ2v) is 7.17. The third-order valence-electron chi connectivity index (χ3n) is 5.77. The van der Waals surface area contributed by atoms with Gasteiger partial charge in [0, 0.05) is 6.42 Å². The van der Waals surface area contributed by atoms with Crippen molar-refractivity contribution in [2.45, 2.75) is 32.1 Å². The van der Waals surface area contributed by atoms with Gasteiger partial charge in [-0.2, -0.15) is 0 Å². The number of ether oxygens (including phenoxy) is 1. The quantitative estimate of drug-likeness (QED) is 0.616. The maximum absolute atomic E-state index is 12.2. The first-order valence-corrected chi connectivity index (χ1v) is 8.74. The van der Waals surface area contributed by atoms with E-state index < -0.39 is 0 Å². The van der Waals surface area contributed by atoms with Gasteiger partial charge in [0.05, 0.1) is 17.7 Å². The molecule has 5 heteroatoms. The van der Waals surface area contributed by atoms with Crippen LogP contribution >= 0.6 is 0 Å². The first kappa shape index (κ1) is 15.4. The zero-order chi connectivity index (χ0) is 16.7. The van der Waals surface area contributed by atoms with E-state index in [4.69, 9.17) is 4.74 Å². The number of fused-ring (bicyclic) bond motifs is 3. The van der Waals surface area contributed by atoms with Crippen LogP contribution in [0.15, 0.2) is 24.3 Å². The third-order valence-corrected chi connectivity index (χ3v) is 5.77. The minimum atomic E-state index is -0.306. The Morgan fingerprint density at radius 2 is 1.79 bits per heavy atom. The lowest BCUT2D eigenvalue weighted by Crippen LogP contribution is -2.33. The molecule has 2 saturated carbocycles. The van der Waals surface area contributed by atoms with Crippen LogP contribution in [0.4, 0.5) is 0 Å². The molecule has 4 rings (SSSR count). The van der Waals surface area contributed by atoms with E-state index in [0.29, 0.717) is 29.4 Å². The van der Waals surface area contributed by atoms with E-state index in [1.807, 2.05) is 0 Å². The average molecular weight is 327 g/mol. The minimum absolute atomic E-state index is 0.0745. The fourth-order valence-electron chi connectivity index (χ4n) is 4.59. The lowest BCUT2D eigenvalue weighted by molar-refractivity contribution is -0.145. The monoisotopic (exact) mass is 327 g/mol. The van der Waals surface area contributed by atoms with Crippen molar-refractivity contribution in [1.82, 2.24) is 4.90 Å². The zero-order valence-electron chi connectivity index (χ0n) is 13.6. The van der Waals surface area contributed by atoms with E-state index in [1.165, 1.54) is 19.3 Å². The van der Waals surface area contributed by atoms with Crippen LogP contribution in [0.2, 0.25) is 0 Å². The molecule has 2 amide bonds. The molecule has 1 aliphatic heterocycles. The Bertz CT molecular complexity index is 663. The summed E-state index contributed by atoms with van der Waals surface area (Å²) in [5.74, 6) is 1.16. The molecule has 2 fully saturated rings. The Balaban J connectivity index is 1.27. The molecule has 1 aromatic carbocycles. The zero-order valence-corrected chi connectivity index (χ0v) is 13.6. The molecule has 0 radical (unpaired) electrons. The summed E-state index contributed by atoms with van der Waals surface area (Å²) < 4.78 is 5.28. The van der Waals surface area contributed by atoms with Crippen LogP contribution in [-0.4, -0.2) is 35.8 Å². The fourth-order valence-corrected chi connectivity index (χ4v) is 4.59. The molecule has 3 atom stereocenters. The SMILES string of the molecule is O=C(C[C@@H]1C[C@H]2CC[C@@H]1C2)OCCN1C(=O)c2ccccc2C1=O. The van der Waals surface area contributed by atoms with Gasteiger partial charge in [-0.25, -0.2) is 0 Å². The average Bonchev–Trinajstić information content (AvgIpc) is 3.25. The van der Waals surface area contributed by atoms with Crippen molar-refractivity contribution in [3.8, 4) is 0 Å². The lowest BCUT2D eigenvalue weighted by Gasteiger charge is -2.20. The van der Waals surface area contributed by atoms with Crippen molar-refractivity contribution in [1.29, 1.82) is 0 Å². The summed E-state index contributed by atoms with van der Waals surface area (Å²) in [7, 11) is 0. The summed E-state index contributed by atoms with van der Waals surface area (Å²) in [4.78, 5) is 37.6. The summed E-state index contributed by atoms with van der Waals surface area (Å²) in [6.45, 7) is 0.194. The van der Waals surface area contributed by atoms with E-state index in [2.05, 4.69) is 0 Å². The summed E-state index contributed by atoms with van der Waals surface area (Å²) >= 11 is 0. The van der Waals surface area contributed by atoms with Gasteiger partial charge < -0.3 is 4.74 Å². The molecule has 126 valence electrons. The van der Waals surface area contributed by atoms with Crippen LogP contribution < -0.4 is 0 Å². The highest BCUT2D eigenvalue weighted by Crippen LogP contribution is 2.49. The first-order valence-electron chi connectivity index (χ1n) is 8.74. The van der Waals surface area contributed by atoms with Gasteiger partial charge in [0.1, 0.15) is 6.61 Å². The molecule has 2 aliphatic carbocycles. The second kappa shape index (κ2) is 6.04. The summed E-state index contributed by atoms with van der Waals surface area (Å²) in [5.41, 5.74) is 0.853. The van der Waals surface area contributed by atoms with Crippen LogP contribution in [0, 0.1) is 17.8 Å². The number of hydrogen-bond acceptors (Lipinski definition) is 4. The van der Waals surface area contributed by atoms with E-state index in [-0.39, 0.29) is 30.9 Å². The maximum Gasteiger partial charge on any atom is 0.306 e. The standard InChI is InChI=1S/C19H21NO4/c21-17(11-14-10-12-5-6-13(14)9-12)24-8-7-20-18(22)15-3-1-2-4-16(15)19(20)23/h1-4,12-14H,5-11H2/t12-,13+,14-/m0/s1. The van der Waals surface area contributed by atoms with Gasteiger partial charge in [-0.05, 0) is 49.1 Å². The Morgan fingerprint density at radius 1 is 1.08 bits per heavy atom. The molecule has 3 aliphatic rings. The van der Waals surface area contributed by atoms with Crippen LogP contribution in [0.5, 0.6) is 0 Å². The molecule has 0 saturated heterocycles. The van der Waals surface area contributed by atoms with E-state index in [1.54, 1.807) is 24.3 Å². The topological polar surface area (TPSA) is 63.7 Å². The molecular weight excluding hydrogens is 306 g/mol. The number of rotatable bonds is 5. The van der Waals surface area contributed by atoms with Gasteiger partial charge in [-0.15, -0.1) is 0 Å². The van der Waals surface area contributed by atoms with E-state index in [0.717, 1.165) is 17.2 Å². The van der Waals surface area contributed by atoms with Gasteiger partial charge >= 0.3 is 5.97 Å². The number of imide groups is 1. The molecular formula is C19H21NO4. The smallest absolute Gasteiger partial charge is 0.306 e. The number of benzene rings is 1. The fraction of sp³-hybridized carbons (Fsp3) is 0.526. The van der Waals surface area contributed by atoms with Crippen LogP contribution in [0.3, 0.4) is 0 Å². The molecule has 0 spiro atoms. The molecule has 0 aromatic heterocycles. The second-order valence-electron chi connectivity index (χ2n) is 7.17. The predicted molar refractivity (Wildman–Crippen MR) is 86.3 cm³/mol. The van der Waals surface area contributed by atoms with Crippen molar-refractivity contribution < 1.29 is 19.1 Å². The predicted octanol–water partition coefficient (Wildman–Crippen LogP) is 2.65. The van der Waals surface area contributed by atoms with Crippen molar-refractivity contribution in [2.75, 3.05) is 13.2 Å². The van der Waals surface area contributed by atoms with Gasteiger partial charge in [0.15, 0.2) is 0 Å². The number of carbonyl (C=O) groups excluding carboxylic acids is 3. The van der Waals surface area contributed by atoms with Gasteiger partial charge in [0.2, 0.25) is 0 Å². The summed E-state index contributed by atoms with van der Waals surface area (Å²) in [6.07, 6.45) is 5.46. The maximum atomic E-state index is 12.2. The summed E-state index contributed by atoms with van der Waals surface area (Å²) in [5, 5.41) is 0. The summed E-state index contributed by atoms with van der Waals surface area (Å²) in [6, 6.07) is 6.78. The molecule has 0 unspecified atom stereocenters. The van der Waals surface area contributed by atoms with E-state index >= 15 is 0 Å². The van der Waals surface area contributed by atoms with Crippen molar-refractivity contribution in [3.63, 3.8) is 0 Å². The lowest BCUT2D eigenvalue weighted by atomic mass is 9.86. The van der Waals surface area contributed by atoms with Crippen molar-refractivity contribution in [3.05, 3.63) is 35.4 Å². The minimum Gasteiger partial charge on any atom is -0.464 e. The number of nitrogens with zero attached hydrogens (tertiary/aromatic N) is 1. The third kappa shape index (κ3) is 2.62. The molecule has 2 bridgehead atoms. The number of amides is 2. The Hall–Kier alpha value is -2.17.